The molecule has 2 heteroatoms. The maximum Gasteiger partial charge on any atom is 0.228 e. The van der Waals surface area contributed by atoms with E-state index in [-0.39, 0.29) is 5.91 Å². The fraction of sp³-hybridized carbons (Fsp3) is 0.0625. The van der Waals surface area contributed by atoms with Gasteiger partial charge in [0.25, 0.3) is 0 Å². The zero-order valence-corrected chi connectivity index (χ0v) is 9.89. The van der Waals surface area contributed by atoms with E-state index in [1.54, 1.807) is 0 Å². The van der Waals surface area contributed by atoms with E-state index < -0.39 is 0 Å². The highest BCUT2D eigenvalue weighted by molar-refractivity contribution is 6.00. The molecule has 2 nitrogen and oxygen atoms in total. The minimum atomic E-state index is 0.0355. The van der Waals surface area contributed by atoms with Crippen molar-refractivity contribution in [3.8, 4) is 0 Å². The molecule has 88 valence electrons. The van der Waals surface area contributed by atoms with Crippen LogP contribution in [0.2, 0.25) is 0 Å². The predicted molar refractivity (Wildman–Crippen MR) is 73.2 cm³/mol. The lowest BCUT2D eigenvalue weighted by Crippen LogP contribution is -2.09. The summed E-state index contributed by atoms with van der Waals surface area (Å²) in [5.74, 6) is 0.0355. The van der Waals surface area contributed by atoms with Gasteiger partial charge < -0.3 is 5.32 Å². The number of para-hydroxylation sites is 1. The summed E-state index contributed by atoms with van der Waals surface area (Å²) in [4.78, 5) is 11.7. The Labute approximate surface area is 106 Å². The number of anilines is 1. The van der Waals surface area contributed by atoms with Crippen LogP contribution in [-0.2, 0) is 4.79 Å². The highest BCUT2D eigenvalue weighted by Crippen LogP contribution is 2.31. The van der Waals surface area contributed by atoms with Crippen molar-refractivity contribution in [1.82, 2.24) is 0 Å². The van der Waals surface area contributed by atoms with E-state index in [1.807, 2.05) is 48.5 Å². The summed E-state index contributed by atoms with van der Waals surface area (Å²) in [6.45, 7) is 0. The van der Waals surface area contributed by atoms with Gasteiger partial charge in [-0.1, -0.05) is 54.6 Å². The molecule has 0 atom stereocenters. The van der Waals surface area contributed by atoms with E-state index in [0.717, 1.165) is 22.4 Å². The first-order valence-electron chi connectivity index (χ1n) is 5.99. The molecular weight excluding hydrogens is 222 g/mol. The molecule has 2 aromatic carbocycles. The second-order valence-corrected chi connectivity index (χ2v) is 4.28. The number of hydrogen-bond acceptors (Lipinski definition) is 1. The number of amides is 1. The number of carbonyl (C=O) groups excluding carboxylic acids is 1. The van der Waals surface area contributed by atoms with Crippen molar-refractivity contribution in [3.05, 3.63) is 71.8 Å². The third-order valence-electron chi connectivity index (χ3n) is 3.07. The summed E-state index contributed by atoms with van der Waals surface area (Å²) in [6.07, 6.45) is 2.41. The molecule has 1 aliphatic rings. The monoisotopic (exact) mass is 235 g/mol. The molecule has 1 amide bonds. The van der Waals surface area contributed by atoms with Gasteiger partial charge in [-0.05, 0) is 17.2 Å². The van der Waals surface area contributed by atoms with Crippen LogP contribution in [0.1, 0.15) is 17.5 Å². The average Bonchev–Trinajstić information content (AvgIpc) is 2.58. The van der Waals surface area contributed by atoms with Gasteiger partial charge in [0.05, 0.1) is 0 Å². The molecular formula is C16H13NO. The lowest BCUT2D eigenvalue weighted by atomic mass is 9.96. The van der Waals surface area contributed by atoms with Gasteiger partial charge >= 0.3 is 0 Å². The minimum Gasteiger partial charge on any atom is -0.325 e. The van der Waals surface area contributed by atoms with Crippen LogP contribution in [0.3, 0.4) is 0 Å². The minimum absolute atomic E-state index is 0.0355. The predicted octanol–water partition coefficient (Wildman–Crippen LogP) is 3.46. The molecule has 0 bridgehead atoms. The topological polar surface area (TPSA) is 29.1 Å². The van der Waals surface area contributed by atoms with Crippen molar-refractivity contribution in [3.63, 3.8) is 0 Å². The Morgan fingerprint density at radius 1 is 0.889 bits per heavy atom. The van der Waals surface area contributed by atoms with Gasteiger partial charge in [0, 0.05) is 17.7 Å². The van der Waals surface area contributed by atoms with Crippen molar-refractivity contribution >= 4 is 17.2 Å². The number of rotatable bonds is 1. The summed E-state index contributed by atoms with van der Waals surface area (Å²) in [7, 11) is 0. The Morgan fingerprint density at radius 3 is 2.44 bits per heavy atom. The first kappa shape index (κ1) is 10.8. The maximum absolute atomic E-state index is 11.7. The zero-order chi connectivity index (χ0) is 12.4. The molecule has 0 fully saturated rings. The van der Waals surface area contributed by atoms with Gasteiger partial charge in [0.2, 0.25) is 5.91 Å². The van der Waals surface area contributed by atoms with Gasteiger partial charge in [0.15, 0.2) is 0 Å². The van der Waals surface area contributed by atoms with Crippen LogP contribution in [-0.4, -0.2) is 5.91 Å². The molecule has 1 aliphatic heterocycles. The lowest BCUT2D eigenvalue weighted by Gasteiger charge is -2.10. The molecule has 0 saturated carbocycles. The fourth-order valence-corrected chi connectivity index (χ4v) is 2.22. The van der Waals surface area contributed by atoms with Gasteiger partial charge in [0.1, 0.15) is 0 Å². The van der Waals surface area contributed by atoms with Crippen LogP contribution >= 0.6 is 0 Å². The van der Waals surface area contributed by atoms with E-state index in [2.05, 4.69) is 17.4 Å². The molecule has 0 saturated heterocycles. The SMILES string of the molecule is O=C1CC=C(c2ccccc2)c2ccccc2N1. The quantitative estimate of drug-likeness (QED) is 0.805. The summed E-state index contributed by atoms with van der Waals surface area (Å²) >= 11 is 0. The van der Waals surface area contributed by atoms with Crippen molar-refractivity contribution in [2.45, 2.75) is 6.42 Å². The van der Waals surface area contributed by atoms with Crippen LogP contribution in [0.4, 0.5) is 5.69 Å². The second-order valence-electron chi connectivity index (χ2n) is 4.28. The molecule has 0 aromatic heterocycles. The van der Waals surface area contributed by atoms with Crippen molar-refractivity contribution in [2.24, 2.45) is 0 Å². The smallest absolute Gasteiger partial charge is 0.228 e. The Bertz CT molecular complexity index is 614. The molecule has 1 N–H and O–H groups in total. The second kappa shape index (κ2) is 4.49. The van der Waals surface area contributed by atoms with E-state index in [1.165, 1.54) is 0 Å². The Kier molecular flexibility index (Phi) is 2.69. The Morgan fingerprint density at radius 2 is 1.61 bits per heavy atom. The Hall–Kier alpha value is -2.35. The number of benzene rings is 2. The highest BCUT2D eigenvalue weighted by Gasteiger charge is 2.15. The number of nitrogens with one attached hydrogen (secondary N) is 1. The standard InChI is InChI=1S/C16H13NO/c18-16-11-10-13(12-6-2-1-3-7-12)14-8-4-5-9-15(14)17-16/h1-10H,11H2,(H,17,18). The third kappa shape index (κ3) is 1.93. The number of carbonyl (C=O) groups is 1. The van der Waals surface area contributed by atoms with E-state index in [9.17, 15) is 4.79 Å². The van der Waals surface area contributed by atoms with Crippen molar-refractivity contribution < 1.29 is 4.79 Å². The van der Waals surface area contributed by atoms with Crippen LogP contribution in [0.15, 0.2) is 60.7 Å². The van der Waals surface area contributed by atoms with Crippen LogP contribution in [0, 0.1) is 0 Å². The van der Waals surface area contributed by atoms with Crippen molar-refractivity contribution in [2.75, 3.05) is 5.32 Å². The van der Waals surface area contributed by atoms with E-state index in [0.29, 0.717) is 6.42 Å². The van der Waals surface area contributed by atoms with Crippen LogP contribution < -0.4 is 5.32 Å². The molecule has 3 rings (SSSR count). The lowest BCUT2D eigenvalue weighted by molar-refractivity contribution is -0.115. The molecule has 0 radical (unpaired) electrons. The first-order chi connectivity index (χ1) is 8.84. The Balaban J connectivity index is 2.17. The summed E-state index contributed by atoms with van der Waals surface area (Å²) in [5, 5.41) is 2.93. The van der Waals surface area contributed by atoms with Gasteiger partial charge in [-0.3, -0.25) is 4.79 Å². The van der Waals surface area contributed by atoms with Gasteiger partial charge in [-0.2, -0.15) is 0 Å². The van der Waals surface area contributed by atoms with Gasteiger partial charge in [-0.15, -0.1) is 0 Å². The average molecular weight is 235 g/mol. The molecule has 0 unspecified atom stereocenters. The first-order valence-corrected chi connectivity index (χ1v) is 5.99. The maximum atomic E-state index is 11.7. The molecule has 18 heavy (non-hydrogen) atoms. The number of hydrogen-bond donors (Lipinski definition) is 1. The summed E-state index contributed by atoms with van der Waals surface area (Å²) in [6, 6.07) is 18.1. The molecule has 2 aromatic rings. The molecule has 0 aliphatic carbocycles. The molecule has 0 spiro atoms. The van der Waals surface area contributed by atoms with Crippen LogP contribution in [0.5, 0.6) is 0 Å². The highest BCUT2D eigenvalue weighted by atomic mass is 16.1. The largest absolute Gasteiger partial charge is 0.325 e. The van der Waals surface area contributed by atoms with Gasteiger partial charge in [-0.25, -0.2) is 0 Å². The summed E-state index contributed by atoms with van der Waals surface area (Å²) in [5.41, 5.74) is 4.22. The van der Waals surface area contributed by atoms with Crippen LogP contribution in [0.25, 0.3) is 5.57 Å². The normalized spacial score (nSPS) is 14.2. The fourth-order valence-electron chi connectivity index (χ4n) is 2.22. The number of fused-ring (bicyclic) bond motifs is 1. The van der Waals surface area contributed by atoms with E-state index in [4.69, 9.17) is 0 Å². The summed E-state index contributed by atoms with van der Waals surface area (Å²) < 4.78 is 0. The zero-order valence-electron chi connectivity index (χ0n) is 9.89. The van der Waals surface area contributed by atoms with Crippen molar-refractivity contribution in [1.29, 1.82) is 0 Å². The molecule has 1 heterocycles. The third-order valence-corrected chi connectivity index (χ3v) is 3.07. The van der Waals surface area contributed by atoms with E-state index >= 15 is 0 Å².